The van der Waals surface area contributed by atoms with E-state index in [4.69, 9.17) is 0 Å². The quantitative estimate of drug-likeness (QED) is 0.480. The fourth-order valence-corrected chi connectivity index (χ4v) is 3.09. The number of fused-ring (bicyclic) bond motifs is 1. The van der Waals surface area contributed by atoms with E-state index in [1.165, 1.54) is 28.9 Å². The van der Waals surface area contributed by atoms with E-state index in [9.17, 15) is 27.2 Å². The Morgan fingerprint density at radius 1 is 1.16 bits per heavy atom. The summed E-state index contributed by atoms with van der Waals surface area (Å²) in [5.41, 5.74) is -1.64. The van der Waals surface area contributed by atoms with Gasteiger partial charge in [-0.2, -0.15) is 13.2 Å². The fraction of sp³-hybridized carbons (Fsp3) is 0.125. The third kappa shape index (κ3) is 2.99. The maximum Gasteiger partial charge on any atom is 0.419 e. The molecule has 0 atom stereocenters. The van der Waals surface area contributed by atoms with Crippen LogP contribution in [-0.2, 0) is 17.5 Å². The minimum atomic E-state index is -4.86. The van der Waals surface area contributed by atoms with Crippen LogP contribution in [0.2, 0.25) is 0 Å². The first-order chi connectivity index (χ1) is 11.7. The predicted octanol–water partition coefficient (Wildman–Crippen LogP) is 3.89. The summed E-state index contributed by atoms with van der Waals surface area (Å²) in [6.07, 6.45) is -1.42. The smallest absolute Gasteiger partial charge is 0.305 e. The van der Waals surface area contributed by atoms with Crippen LogP contribution >= 0.6 is 15.9 Å². The SMILES string of the molecule is O=CCn1ccn2c(Br)cc(-c3ccc(F)c(C(F)(F)F)c3)c2c1=O. The molecule has 3 rings (SSSR count). The zero-order valence-electron chi connectivity index (χ0n) is 12.3. The van der Waals surface area contributed by atoms with Crippen molar-refractivity contribution in [1.29, 1.82) is 0 Å². The van der Waals surface area contributed by atoms with Crippen LogP contribution in [-0.4, -0.2) is 15.3 Å². The molecule has 0 fully saturated rings. The topological polar surface area (TPSA) is 43.5 Å². The van der Waals surface area contributed by atoms with E-state index in [-0.39, 0.29) is 23.2 Å². The molecule has 0 saturated carbocycles. The largest absolute Gasteiger partial charge is 0.419 e. The Bertz CT molecular complexity index is 1040. The Hall–Kier alpha value is -2.42. The van der Waals surface area contributed by atoms with Gasteiger partial charge in [-0.3, -0.25) is 4.79 Å². The van der Waals surface area contributed by atoms with Gasteiger partial charge in [0, 0.05) is 18.0 Å². The molecule has 4 nitrogen and oxygen atoms in total. The summed E-state index contributed by atoms with van der Waals surface area (Å²) >= 11 is 3.23. The first kappa shape index (κ1) is 17.4. The van der Waals surface area contributed by atoms with Crippen LogP contribution in [0.5, 0.6) is 0 Å². The third-order valence-electron chi connectivity index (χ3n) is 3.70. The van der Waals surface area contributed by atoms with E-state index in [1.807, 2.05) is 0 Å². The number of aromatic nitrogens is 2. The van der Waals surface area contributed by atoms with Crippen molar-refractivity contribution < 1.29 is 22.4 Å². The van der Waals surface area contributed by atoms with Crippen molar-refractivity contribution in [1.82, 2.24) is 8.97 Å². The maximum absolute atomic E-state index is 13.5. The minimum absolute atomic E-state index is 0.0397. The monoisotopic (exact) mass is 416 g/mol. The average molecular weight is 417 g/mol. The lowest BCUT2D eigenvalue weighted by Crippen LogP contribution is -2.22. The van der Waals surface area contributed by atoms with E-state index in [2.05, 4.69) is 15.9 Å². The number of hydrogen-bond acceptors (Lipinski definition) is 2. The van der Waals surface area contributed by atoms with Crippen molar-refractivity contribution in [3.8, 4) is 11.1 Å². The molecule has 0 aliphatic carbocycles. The molecular formula is C16H9BrF4N2O2. The number of benzene rings is 1. The zero-order valence-corrected chi connectivity index (χ0v) is 13.9. The van der Waals surface area contributed by atoms with Crippen molar-refractivity contribution >= 4 is 27.7 Å². The second-order valence-corrected chi connectivity index (χ2v) is 6.03. The molecule has 0 unspecified atom stereocenters. The molecule has 25 heavy (non-hydrogen) atoms. The van der Waals surface area contributed by atoms with E-state index in [0.717, 1.165) is 4.57 Å². The van der Waals surface area contributed by atoms with Crippen molar-refractivity contribution in [3.05, 3.63) is 63.0 Å². The Labute approximate surface area is 146 Å². The van der Waals surface area contributed by atoms with Crippen LogP contribution in [0.4, 0.5) is 17.6 Å². The second kappa shape index (κ2) is 6.14. The molecule has 0 bridgehead atoms. The molecule has 1 aromatic carbocycles. The number of aldehydes is 1. The highest BCUT2D eigenvalue weighted by Gasteiger charge is 2.34. The number of halogens is 5. The highest BCUT2D eigenvalue weighted by Crippen LogP contribution is 2.36. The van der Waals surface area contributed by atoms with Gasteiger partial charge in [0.15, 0.2) is 0 Å². The summed E-state index contributed by atoms with van der Waals surface area (Å²) in [6.45, 7) is -0.186. The first-order valence-corrected chi connectivity index (χ1v) is 7.74. The minimum Gasteiger partial charge on any atom is -0.305 e. The van der Waals surface area contributed by atoms with Gasteiger partial charge in [-0.05, 0) is 39.7 Å². The van der Waals surface area contributed by atoms with Gasteiger partial charge in [-0.15, -0.1) is 0 Å². The number of hydrogen-bond donors (Lipinski definition) is 0. The van der Waals surface area contributed by atoms with E-state index in [1.54, 1.807) is 0 Å². The van der Waals surface area contributed by atoms with Crippen LogP contribution in [0.3, 0.4) is 0 Å². The molecule has 0 N–H and O–H groups in total. The van der Waals surface area contributed by atoms with Gasteiger partial charge in [-0.1, -0.05) is 6.07 Å². The van der Waals surface area contributed by atoms with Gasteiger partial charge in [0.25, 0.3) is 5.56 Å². The summed E-state index contributed by atoms with van der Waals surface area (Å²) < 4.78 is 55.4. The molecule has 0 spiro atoms. The molecule has 130 valence electrons. The summed E-state index contributed by atoms with van der Waals surface area (Å²) in [4.78, 5) is 23.2. The van der Waals surface area contributed by atoms with E-state index >= 15 is 0 Å². The van der Waals surface area contributed by atoms with Gasteiger partial charge in [0.2, 0.25) is 0 Å². The standard InChI is InChI=1S/C16H9BrF4N2O2/c17-13-8-10(9-1-2-12(18)11(7-9)16(19,20)21)14-15(25)22(5-6-24)3-4-23(13)14/h1-4,6-8H,5H2. The number of nitrogens with zero attached hydrogens (tertiary/aromatic N) is 2. The van der Waals surface area contributed by atoms with Gasteiger partial charge >= 0.3 is 6.18 Å². The fourth-order valence-electron chi connectivity index (χ4n) is 2.56. The molecular weight excluding hydrogens is 408 g/mol. The first-order valence-electron chi connectivity index (χ1n) is 6.95. The number of rotatable bonds is 3. The lowest BCUT2D eigenvalue weighted by Gasteiger charge is -2.10. The molecule has 3 aromatic rings. The van der Waals surface area contributed by atoms with Gasteiger partial charge < -0.3 is 13.8 Å². The molecule has 0 aliphatic heterocycles. The predicted molar refractivity (Wildman–Crippen MR) is 85.8 cm³/mol. The van der Waals surface area contributed by atoms with Crippen molar-refractivity contribution in [3.63, 3.8) is 0 Å². The molecule has 2 heterocycles. The number of carbonyl (C=O) groups is 1. The summed E-state index contributed by atoms with van der Waals surface area (Å²) in [6, 6.07) is 4.01. The maximum atomic E-state index is 13.5. The number of carbonyl (C=O) groups excluding carboxylic acids is 1. The summed E-state index contributed by atoms with van der Waals surface area (Å²) in [7, 11) is 0. The Morgan fingerprint density at radius 2 is 1.88 bits per heavy atom. The summed E-state index contributed by atoms with van der Waals surface area (Å²) in [5, 5.41) is 0. The van der Waals surface area contributed by atoms with Crippen LogP contribution in [0.15, 0.2) is 46.1 Å². The second-order valence-electron chi connectivity index (χ2n) is 5.21. The zero-order chi connectivity index (χ0) is 18.4. The van der Waals surface area contributed by atoms with Crippen molar-refractivity contribution in [2.75, 3.05) is 0 Å². The highest BCUT2D eigenvalue weighted by atomic mass is 79.9. The van der Waals surface area contributed by atoms with E-state index < -0.39 is 23.1 Å². The third-order valence-corrected chi connectivity index (χ3v) is 4.31. The lowest BCUT2D eigenvalue weighted by molar-refractivity contribution is -0.139. The molecule has 9 heteroatoms. The lowest BCUT2D eigenvalue weighted by atomic mass is 10.0. The number of alkyl halides is 3. The Morgan fingerprint density at radius 3 is 2.52 bits per heavy atom. The van der Waals surface area contributed by atoms with Crippen LogP contribution in [0.1, 0.15) is 5.56 Å². The van der Waals surface area contributed by atoms with Crippen LogP contribution < -0.4 is 5.56 Å². The van der Waals surface area contributed by atoms with Gasteiger partial charge in [0.1, 0.15) is 17.6 Å². The molecule has 0 saturated heterocycles. The Balaban J connectivity index is 2.31. The van der Waals surface area contributed by atoms with Crippen LogP contribution in [0, 0.1) is 5.82 Å². The molecule has 0 radical (unpaired) electrons. The highest BCUT2D eigenvalue weighted by molar-refractivity contribution is 9.10. The van der Waals surface area contributed by atoms with Crippen molar-refractivity contribution in [2.45, 2.75) is 12.7 Å². The van der Waals surface area contributed by atoms with Crippen molar-refractivity contribution in [2.24, 2.45) is 0 Å². The molecule has 0 aliphatic rings. The van der Waals surface area contributed by atoms with E-state index in [0.29, 0.717) is 23.0 Å². The molecule has 0 amide bonds. The molecule has 2 aromatic heterocycles. The Kier molecular flexibility index (Phi) is 4.28. The summed E-state index contributed by atoms with van der Waals surface area (Å²) in [5.74, 6) is -1.39. The van der Waals surface area contributed by atoms with Gasteiger partial charge in [0.05, 0.1) is 16.7 Å². The average Bonchev–Trinajstić information content (AvgIpc) is 2.87. The van der Waals surface area contributed by atoms with Crippen LogP contribution in [0.25, 0.3) is 16.6 Å². The van der Waals surface area contributed by atoms with Gasteiger partial charge in [-0.25, -0.2) is 4.39 Å². The normalized spacial score (nSPS) is 11.9.